The van der Waals surface area contributed by atoms with E-state index >= 15 is 0 Å². The SMILES string of the molecule is Cc1nocc1CNC(=O)OC1CCc2c(sc(NC(=O)C=Cc3ccco3)c2C#N)C1. The maximum atomic E-state index is 12.3. The Morgan fingerprint density at radius 1 is 1.47 bits per heavy atom. The van der Waals surface area contributed by atoms with E-state index in [1.54, 1.807) is 25.1 Å². The second kappa shape index (κ2) is 9.53. The zero-order valence-corrected chi connectivity index (χ0v) is 18.0. The van der Waals surface area contributed by atoms with Gasteiger partial charge >= 0.3 is 6.09 Å². The number of fused-ring (bicyclic) bond motifs is 1. The molecule has 9 nitrogen and oxygen atoms in total. The quantitative estimate of drug-likeness (QED) is 0.542. The number of aryl methyl sites for hydroxylation is 1. The minimum absolute atomic E-state index is 0.269. The largest absolute Gasteiger partial charge is 0.465 e. The molecule has 0 spiro atoms. The third kappa shape index (κ3) is 4.90. The van der Waals surface area contributed by atoms with Crippen molar-refractivity contribution >= 4 is 34.4 Å². The van der Waals surface area contributed by atoms with Crippen LogP contribution in [-0.2, 0) is 28.9 Å². The van der Waals surface area contributed by atoms with E-state index in [4.69, 9.17) is 13.7 Å². The molecule has 0 aromatic carbocycles. The summed E-state index contributed by atoms with van der Waals surface area (Å²) in [5.41, 5.74) is 2.87. The van der Waals surface area contributed by atoms with Crippen molar-refractivity contribution in [2.45, 2.75) is 38.8 Å². The Morgan fingerprint density at radius 2 is 2.34 bits per heavy atom. The van der Waals surface area contributed by atoms with E-state index in [-0.39, 0.29) is 18.6 Å². The number of thiophene rings is 1. The number of carbonyl (C=O) groups is 2. The highest BCUT2D eigenvalue weighted by atomic mass is 32.1. The van der Waals surface area contributed by atoms with Crippen LogP contribution in [0.2, 0.25) is 0 Å². The van der Waals surface area contributed by atoms with Crippen molar-refractivity contribution in [1.29, 1.82) is 5.26 Å². The molecule has 2 N–H and O–H groups in total. The summed E-state index contributed by atoms with van der Waals surface area (Å²) in [6.45, 7) is 2.06. The topological polar surface area (TPSA) is 130 Å². The van der Waals surface area contributed by atoms with E-state index in [1.807, 2.05) is 0 Å². The van der Waals surface area contributed by atoms with Crippen LogP contribution in [0, 0.1) is 18.3 Å². The van der Waals surface area contributed by atoms with Crippen LogP contribution in [0.5, 0.6) is 0 Å². The predicted octanol–water partition coefficient (Wildman–Crippen LogP) is 3.94. The van der Waals surface area contributed by atoms with Crippen molar-refractivity contribution in [3.8, 4) is 6.07 Å². The van der Waals surface area contributed by atoms with E-state index in [0.717, 1.165) is 16.0 Å². The lowest BCUT2D eigenvalue weighted by molar-refractivity contribution is -0.111. The summed E-state index contributed by atoms with van der Waals surface area (Å²) in [4.78, 5) is 25.4. The van der Waals surface area contributed by atoms with Gasteiger partial charge in [0.1, 0.15) is 29.2 Å². The lowest BCUT2D eigenvalue weighted by Crippen LogP contribution is -2.31. The normalized spacial score (nSPS) is 15.2. The van der Waals surface area contributed by atoms with Crippen LogP contribution in [0.1, 0.15) is 39.4 Å². The van der Waals surface area contributed by atoms with Crippen LogP contribution in [0.4, 0.5) is 9.80 Å². The summed E-state index contributed by atoms with van der Waals surface area (Å²) in [7, 11) is 0. The van der Waals surface area contributed by atoms with E-state index in [2.05, 4.69) is 21.9 Å². The molecule has 0 saturated carbocycles. The second-order valence-electron chi connectivity index (χ2n) is 7.21. The highest BCUT2D eigenvalue weighted by Crippen LogP contribution is 2.38. The molecular formula is C22H20N4O5S. The number of anilines is 1. The van der Waals surface area contributed by atoms with Crippen molar-refractivity contribution in [2.24, 2.45) is 0 Å². The molecule has 0 aliphatic heterocycles. The zero-order chi connectivity index (χ0) is 22.5. The number of nitrogens with zero attached hydrogens (tertiary/aromatic N) is 2. The molecule has 3 heterocycles. The number of nitriles is 1. The van der Waals surface area contributed by atoms with Crippen LogP contribution in [0.25, 0.3) is 6.08 Å². The fourth-order valence-corrected chi connectivity index (χ4v) is 4.67. The van der Waals surface area contributed by atoms with Gasteiger partial charge in [0.25, 0.3) is 0 Å². The molecule has 10 heteroatoms. The summed E-state index contributed by atoms with van der Waals surface area (Å²) < 4.78 is 15.6. The number of furan rings is 1. The molecule has 1 atom stereocenters. The van der Waals surface area contributed by atoms with E-state index < -0.39 is 6.09 Å². The van der Waals surface area contributed by atoms with Crippen molar-refractivity contribution in [1.82, 2.24) is 10.5 Å². The van der Waals surface area contributed by atoms with Gasteiger partial charge in [-0.15, -0.1) is 11.3 Å². The fourth-order valence-electron chi connectivity index (χ4n) is 3.40. The molecule has 2 amide bonds. The van der Waals surface area contributed by atoms with Crippen LogP contribution >= 0.6 is 11.3 Å². The standard InChI is InChI=1S/C22H20N4O5S/c1-13-14(12-30-26-13)11-24-22(28)31-16-4-6-17-18(10-23)21(32-19(17)9-16)25-20(27)7-5-15-3-2-8-29-15/h2-3,5,7-8,12,16H,4,6,9,11H2,1H3,(H,24,28)(H,25,27). The fraction of sp³-hybridized carbons (Fsp3) is 0.273. The van der Waals surface area contributed by atoms with Crippen LogP contribution in [0.3, 0.4) is 0 Å². The van der Waals surface area contributed by atoms with Gasteiger partial charge in [0.05, 0.1) is 24.1 Å². The van der Waals surface area contributed by atoms with Gasteiger partial charge in [0.2, 0.25) is 5.91 Å². The third-order valence-corrected chi connectivity index (χ3v) is 6.23. The third-order valence-electron chi connectivity index (χ3n) is 5.06. The van der Waals surface area contributed by atoms with Gasteiger partial charge in [0, 0.05) is 22.9 Å². The maximum Gasteiger partial charge on any atom is 0.407 e. The second-order valence-corrected chi connectivity index (χ2v) is 8.31. The van der Waals surface area contributed by atoms with Gasteiger partial charge in [-0.05, 0) is 43.5 Å². The average molecular weight is 452 g/mol. The number of carbonyl (C=O) groups excluding carboxylic acids is 2. The molecule has 0 bridgehead atoms. The van der Waals surface area contributed by atoms with Crippen molar-refractivity contribution in [3.05, 3.63) is 63.8 Å². The Balaban J connectivity index is 1.36. The number of alkyl carbamates (subject to hydrolysis) is 1. The Bertz CT molecular complexity index is 1190. The lowest BCUT2D eigenvalue weighted by Gasteiger charge is -2.22. The first-order valence-corrected chi connectivity index (χ1v) is 10.8. The summed E-state index contributed by atoms with van der Waals surface area (Å²) in [6.07, 6.45) is 6.77. The van der Waals surface area contributed by atoms with Crippen molar-refractivity contribution < 1.29 is 23.3 Å². The molecule has 3 aromatic rings. The Kier molecular flexibility index (Phi) is 6.37. The van der Waals surface area contributed by atoms with Gasteiger partial charge in [-0.1, -0.05) is 5.16 Å². The van der Waals surface area contributed by atoms with E-state index in [0.29, 0.717) is 41.3 Å². The average Bonchev–Trinajstić information content (AvgIpc) is 3.50. The van der Waals surface area contributed by atoms with Gasteiger partial charge < -0.3 is 24.3 Å². The Hall–Kier alpha value is -3.84. The molecule has 1 aliphatic carbocycles. The predicted molar refractivity (Wildman–Crippen MR) is 116 cm³/mol. The van der Waals surface area contributed by atoms with Crippen LogP contribution < -0.4 is 10.6 Å². The first-order chi connectivity index (χ1) is 15.5. The summed E-state index contributed by atoms with van der Waals surface area (Å²) in [6, 6.07) is 5.66. The smallest absolute Gasteiger partial charge is 0.407 e. The van der Waals surface area contributed by atoms with Crippen LogP contribution in [-0.4, -0.2) is 23.3 Å². The molecule has 0 radical (unpaired) electrons. The Morgan fingerprint density at radius 3 is 3.06 bits per heavy atom. The first-order valence-electron chi connectivity index (χ1n) is 9.95. The van der Waals surface area contributed by atoms with E-state index in [9.17, 15) is 14.9 Å². The number of aromatic nitrogens is 1. The van der Waals surface area contributed by atoms with E-state index in [1.165, 1.54) is 29.9 Å². The van der Waals surface area contributed by atoms with Gasteiger partial charge in [0.15, 0.2) is 0 Å². The minimum Gasteiger partial charge on any atom is -0.465 e. The number of ether oxygens (including phenoxy) is 1. The number of rotatable bonds is 6. The van der Waals surface area contributed by atoms with Crippen molar-refractivity contribution in [2.75, 3.05) is 5.32 Å². The van der Waals surface area contributed by atoms with Crippen LogP contribution in [0.15, 0.2) is 39.7 Å². The minimum atomic E-state index is -0.521. The number of hydrogen-bond donors (Lipinski definition) is 2. The molecular weight excluding hydrogens is 432 g/mol. The molecule has 4 rings (SSSR count). The zero-order valence-electron chi connectivity index (χ0n) is 17.2. The molecule has 3 aromatic heterocycles. The molecule has 32 heavy (non-hydrogen) atoms. The number of amides is 2. The molecule has 1 aliphatic rings. The molecule has 0 fully saturated rings. The summed E-state index contributed by atoms with van der Waals surface area (Å²) in [5, 5.41) is 19.3. The van der Waals surface area contributed by atoms with Crippen molar-refractivity contribution in [3.63, 3.8) is 0 Å². The molecule has 1 unspecified atom stereocenters. The first kappa shape index (κ1) is 21.4. The molecule has 164 valence electrons. The molecule has 0 saturated heterocycles. The van der Waals surface area contributed by atoms with Gasteiger partial charge in [-0.25, -0.2) is 4.79 Å². The maximum absolute atomic E-state index is 12.3. The highest BCUT2D eigenvalue weighted by Gasteiger charge is 2.28. The summed E-state index contributed by atoms with van der Waals surface area (Å²) >= 11 is 1.34. The number of nitrogens with one attached hydrogen (secondary N) is 2. The lowest BCUT2D eigenvalue weighted by atomic mass is 9.94. The summed E-state index contributed by atoms with van der Waals surface area (Å²) in [5.74, 6) is 0.205. The highest BCUT2D eigenvalue weighted by molar-refractivity contribution is 7.16. The number of hydrogen-bond acceptors (Lipinski definition) is 8. The van der Waals surface area contributed by atoms with Gasteiger partial charge in [-0.3, -0.25) is 4.79 Å². The van der Waals surface area contributed by atoms with Gasteiger partial charge in [-0.2, -0.15) is 5.26 Å². The Labute approximate surface area is 187 Å². The monoisotopic (exact) mass is 452 g/mol.